The summed E-state index contributed by atoms with van der Waals surface area (Å²) in [6.07, 6.45) is 0. The molecule has 1 aromatic heterocycles. The van der Waals surface area contributed by atoms with E-state index < -0.39 is 0 Å². The molecule has 1 amide bonds. The van der Waals surface area contributed by atoms with E-state index >= 15 is 0 Å². The summed E-state index contributed by atoms with van der Waals surface area (Å²) >= 11 is 12.0. The van der Waals surface area contributed by atoms with Crippen LogP contribution in [-0.2, 0) is 6.54 Å². The second-order valence-electron chi connectivity index (χ2n) is 5.45. The van der Waals surface area contributed by atoms with Crippen LogP contribution in [0.3, 0.4) is 0 Å². The van der Waals surface area contributed by atoms with Crippen LogP contribution in [0.2, 0.25) is 10.0 Å². The predicted octanol–water partition coefficient (Wildman–Crippen LogP) is 4.57. The molecule has 1 heterocycles. The van der Waals surface area contributed by atoms with E-state index in [0.717, 1.165) is 11.1 Å². The third-order valence-corrected chi connectivity index (χ3v) is 4.21. The number of aromatic nitrogens is 1. The average molecular weight is 372 g/mol. The topological polar surface area (TPSA) is 68.0 Å². The number of anilines is 1. The van der Waals surface area contributed by atoms with Crippen LogP contribution in [0.4, 0.5) is 5.69 Å². The highest BCUT2D eigenvalue weighted by Gasteiger charge is 2.10. The van der Waals surface area contributed by atoms with E-state index in [1.165, 1.54) is 0 Å². The van der Waals surface area contributed by atoms with Crippen LogP contribution in [0.25, 0.3) is 11.3 Å². The highest BCUT2D eigenvalue weighted by Crippen LogP contribution is 2.21. The van der Waals surface area contributed by atoms with Crippen molar-refractivity contribution in [1.29, 1.82) is 0 Å². The number of nitrogens with two attached hydrogens (primary N) is 1. The number of rotatable bonds is 4. The Hall–Kier alpha value is -2.56. The van der Waals surface area contributed by atoms with Crippen molar-refractivity contribution in [3.63, 3.8) is 0 Å². The number of nitrogen functional groups attached to an aromatic ring is 1. The van der Waals surface area contributed by atoms with Crippen LogP contribution in [0.1, 0.15) is 16.1 Å². The molecule has 126 valence electrons. The molecule has 0 spiro atoms. The van der Waals surface area contributed by atoms with Crippen molar-refractivity contribution in [3.8, 4) is 11.3 Å². The van der Waals surface area contributed by atoms with Gasteiger partial charge in [0.1, 0.15) is 5.69 Å². The molecule has 2 aromatic carbocycles. The van der Waals surface area contributed by atoms with E-state index in [-0.39, 0.29) is 5.91 Å². The fourth-order valence-corrected chi connectivity index (χ4v) is 2.83. The summed E-state index contributed by atoms with van der Waals surface area (Å²) < 4.78 is 0. The van der Waals surface area contributed by atoms with Crippen molar-refractivity contribution in [3.05, 3.63) is 82.0 Å². The van der Waals surface area contributed by atoms with Crippen LogP contribution < -0.4 is 11.1 Å². The number of hydrogen-bond acceptors (Lipinski definition) is 3. The SMILES string of the molecule is Nc1cccc(-c2cccc(C(=O)NCc3ccc(Cl)cc3Cl)n2)c1. The third-order valence-electron chi connectivity index (χ3n) is 3.62. The van der Waals surface area contributed by atoms with E-state index in [9.17, 15) is 4.79 Å². The summed E-state index contributed by atoms with van der Waals surface area (Å²) in [6.45, 7) is 0.291. The molecule has 3 aromatic rings. The lowest BCUT2D eigenvalue weighted by molar-refractivity contribution is 0.0946. The van der Waals surface area contributed by atoms with Gasteiger partial charge in [-0.15, -0.1) is 0 Å². The number of pyridine rings is 1. The van der Waals surface area contributed by atoms with Gasteiger partial charge in [0.25, 0.3) is 5.91 Å². The number of halogens is 2. The molecule has 0 aliphatic rings. The molecule has 0 fully saturated rings. The van der Waals surface area contributed by atoms with E-state index in [0.29, 0.717) is 33.7 Å². The summed E-state index contributed by atoms with van der Waals surface area (Å²) in [5.74, 6) is -0.281. The Morgan fingerprint density at radius 2 is 1.84 bits per heavy atom. The predicted molar refractivity (Wildman–Crippen MR) is 102 cm³/mol. The van der Waals surface area contributed by atoms with Gasteiger partial charge in [-0.1, -0.05) is 47.5 Å². The Kier molecular flexibility index (Phi) is 5.22. The molecule has 0 saturated carbocycles. The van der Waals surface area contributed by atoms with Crippen molar-refractivity contribution in [2.45, 2.75) is 6.54 Å². The Bertz CT molecular complexity index is 928. The molecule has 0 atom stereocenters. The highest BCUT2D eigenvalue weighted by molar-refractivity contribution is 6.35. The smallest absolute Gasteiger partial charge is 0.270 e. The summed E-state index contributed by atoms with van der Waals surface area (Å²) in [5.41, 5.74) is 9.10. The third kappa shape index (κ3) is 4.29. The second kappa shape index (κ2) is 7.55. The van der Waals surface area contributed by atoms with E-state index in [1.807, 2.05) is 24.3 Å². The van der Waals surface area contributed by atoms with Gasteiger partial charge in [0.05, 0.1) is 5.69 Å². The summed E-state index contributed by atoms with van der Waals surface area (Å²) in [6, 6.07) is 17.8. The van der Waals surface area contributed by atoms with Gasteiger partial charge in [0.2, 0.25) is 0 Å². The summed E-state index contributed by atoms with van der Waals surface area (Å²) in [7, 11) is 0. The quantitative estimate of drug-likeness (QED) is 0.660. The number of amides is 1. The minimum atomic E-state index is -0.281. The molecule has 0 aliphatic heterocycles. The summed E-state index contributed by atoms with van der Waals surface area (Å²) in [4.78, 5) is 16.8. The number of carbonyl (C=O) groups excluding carboxylic acids is 1. The minimum absolute atomic E-state index is 0.281. The van der Waals surface area contributed by atoms with E-state index in [4.69, 9.17) is 28.9 Å². The van der Waals surface area contributed by atoms with Crippen LogP contribution in [0.5, 0.6) is 0 Å². The normalized spacial score (nSPS) is 10.5. The molecule has 6 heteroatoms. The molecule has 0 bridgehead atoms. The molecule has 0 radical (unpaired) electrons. The van der Waals surface area contributed by atoms with Gasteiger partial charge < -0.3 is 11.1 Å². The van der Waals surface area contributed by atoms with Crippen LogP contribution in [0, 0.1) is 0 Å². The van der Waals surface area contributed by atoms with Gasteiger partial charge in [-0.2, -0.15) is 0 Å². The van der Waals surface area contributed by atoms with Gasteiger partial charge in [-0.3, -0.25) is 4.79 Å². The van der Waals surface area contributed by atoms with Gasteiger partial charge in [-0.25, -0.2) is 4.98 Å². The first kappa shape index (κ1) is 17.3. The molecule has 4 nitrogen and oxygen atoms in total. The zero-order valence-electron chi connectivity index (χ0n) is 13.2. The zero-order valence-corrected chi connectivity index (χ0v) is 14.7. The number of nitrogens with one attached hydrogen (secondary N) is 1. The first-order valence-corrected chi connectivity index (χ1v) is 8.33. The lowest BCUT2D eigenvalue weighted by Crippen LogP contribution is -2.24. The van der Waals surface area contributed by atoms with Crippen molar-refractivity contribution >= 4 is 34.8 Å². The molecule has 3 N–H and O–H groups in total. The molecule has 0 saturated heterocycles. The monoisotopic (exact) mass is 371 g/mol. The Morgan fingerprint density at radius 3 is 2.60 bits per heavy atom. The molecule has 0 unspecified atom stereocenters. The fourth-order valence-electron chi connectivity index (χ4n) is 2.35. The Balaban J connectivity index is 1.75. The number of benzene rings is 2. The average Bonchev–Trinajstić information content (AvgIpc) is 2.61. The highest BCUT2D eigenvalue weighted by atomic mass is 35.5. The Morgan fingerprint density at radius 1 is 1.04 bits per heavy atom. The first-order chi connectivity index (χ1) is 12.0. The second-order valence-corrected chi connectivity index (χ2v) is 6.30. The molecule has 25 heavy (non-hydrogen) atoms. The molecular weight excluding hydrogens is 357 g/mol. The number of nitrogens with zero attached hydrogens (tertiary/aromatic N) is 1. The zero-order chi connectivity index (χ0) is 17.8. The van der Waals surface area contributed by atoms with E-state index in [1.54, 1.807) is 36.4 Å². The van der Waals surface area contributed by atoms with Crippen LogP contribution in [-0.4, -0.2) is 10.9 Å². The van der Waals surface area contributed by atoms with E-state index in [2.05, 4.69) is 10.3 Å². The number of carbonyl (C=O) groups is 1. The Labute approximate surface area is 155 Å². The molecular formula is C19H15Cl2N3O. The standard InChI is InChI=1S/C19H15Cl2N3O/c20-14-8-7-13(16(21)10-14)11-23-19(25)18-6-2-5-17(24-18)12-3-1-4-15(22)9-12/h1-10H,11,22H2,(H,23,25). The first-order valence-electron chi connectivity index (χ1n) is 7.58. The maximum atomic E-state index is 12.4. The van der Waals surface area contributed by atoms with Gasteiger partial charge >= 0.3 is 0 Å². The largest absolute Gasteiger partial charge is 0.399 e. The van der Waals surface area contributed by atoms with Crippen molar-refractivity contribution in [1.82, 2.24) is 10.3 Å². The summed E-state index contributed by atoms with van der Waals surface area (Å²) in [5, 5.41) is 3.87. The lowest BCUT2D eigenvalue weighted by atomic mass is 10.1. The molecule has 3 rings (SSSR count). The maximum absolute atomic E-state index is 12.4. The van der Waals surface area contributed by atoms with Crippen LogP contribution in [0.15, 0.2) is 60.7 Å². The lowest BCUT2D eigenvalue weighted by Gasteiger charge is -2.08. The number of hydrogen-bond donors (Lipinski definition) is 2. The minimum Gasteiger partial charge on any atom is -0.399 e. The maximum Gasteiger partial charge on any atom is 0.270 e. The van der Waals surface area contributed by atoms with Crippen molar-refractivity contribution in [2.24, 2.45) is 0 Å². The fraction of sp³-hybridized carbons (Fsp3) is 0.0526. The van der Waals surface area contributed by atoms with Gasteiger partial charge in [-0.05, 0) is 42.0 Å². The van der Waals surface area contributed by atoms with Crippen molar-refractivity contribution in [2.75, 3.05) is 5.73 Å². The van der Waals surface area contributed by atoms with Gasteiger partial charge in [0.15, 0.2) is 0 Å². The molecule has 0 aliphatic carbocycles. The van der Waals surface area contributed by atoms with Crippen molar-refractivity contribution < 1.29 is 4.79 Å². The van der Waals surface area contributed by atoms with Gasteiger partial charge in [0, 0.05) is 27.8 Å². The van der Waals surface area contributed by atoms with Crippen LogP contribution >= 0.6 is 23.2 Å².